The molecule has 0 aliphatic heterocycles. The van der Waals surface area contributed by atoms with Gasteiger partial charge in [0.05, 0.1) is 32.6 Å². The minimum Gasteiger partial charge on any atom is -0.469 e. The lowest BCUT2D eigenvalue weighted by molar-refractivity contribution is -0.140. The second-order valence-corrected chi connectivity index (χ2v) is 4.69. The Balaban J connectivity index is 2.93. The molecule has 0 fully saturated rings. The van der Waals surface area contributed by atoms with Gasteiger partial charge in [0.1, 0.15) is 0 Å². The van der Waals surface area contributed by atoms with Crippen LogP contribution in [0.5, 0.6) is 0 Å². The van der Waals surface area contributed by atoms with Gasteiger partial charge in [-0.25, -0.2) is 0 Å². The number of hydrogen-bond acceptors (Lipinski definition) is 5. The highest BCUT2D eigenvalue weighted by Gasteiger charge is 2.30. The third-order valence-electron chi connectivity index (χ3n) is 3.17. The Hall–Kier alpha value is -2.25. The monoisotopic (exact) mass is 333 g/mol. The van der Waals surface area contributed by atoms with Gasteiger partial charge in [-0.3, -0.25) is 9.59 Å². The largest absolute Gasteiger partial charge is 0.469 e. The first-order valence-electron chi connectivity index (χ1n) is 6.83. The fourth-order valence-electron chi connectivity index (χ4n) is 1.91. The summed E-state index contributed by atoms with van der Waals surface area (Å²) in [5, 5.41) is 0. The SMILES string of the molecule is COC(=O)CCN(CCC(=O)OC)c1cccc(C(F)(F)F)c1. The molecule has 0 radical (unpaired) electrons. The molecule has 0 bridgehead atoms. The molecule has 128 valence electrons. The van der Waals surface area contributed by atoms with Crippen molar-refractivity contribution in [1.29, 1.82) is 0 Å². The molecule has 0 saturated carbocycles. The summed E-state index contributed by atoms with van der Waals surface area (Å²) >= 11 is 0. The van der Waals surface area contributed by atoms with Crippen molar-refractivity contribution in [3.05, 3.63) is 29.8 Å². The summed E-state index contributed by atoms with van der Waals surface area (Å²) in [5.41, 5.74) is -0.524. The molecule has 1 aromatic carbocycles. The van der Waals surface area contributed by atoms with Crippen LogP contribution >= 0.6 is 0 Å². The smallest absolute Gasteiger partial charge is 0.416 e. The molecule has 0 aliphatic rings. The lowest BCUT2D eigenvalue weighted by Crippen LogP contribution is -2.29. The zero-order chi connectivity index (χ0) is 17.5. The van der Waals surface area contributed by atoms with Crippen molar-refractivity contribution in [3.63, 3.8) is 0 Å². The van der Waals surface area contributed by atoms with Crippen LogP contribution in [0.4, 0.5) is 18.9 Å². The standard InChI is InChI=1S/C15H18F3NO4/c1-22-13(20)6-8-19(9-7-14(21)23-2)12-5-3-4-11(10-12)15(16,17)18/h3-5,10H,6-9H2,1-2H3. The van der Waals surface area contributed by atoms with Crippen LogP contribution in [0.3, 0.4) is 0 Å². The van der Waals surface area contributed by atoms with E-state index in [0.717, 1.165) is 12.1 Å². The van der Waals surface area contributed by atoms with Gasteiger partial charge in [0.2, 0.25) is 0 Å². The van der Waals surface area contributed by atoms with Gasteiger partial charge in [0, 0.05) is 18.8 Å². The molecule has 23 heavy (non-hydrogen) atoms. The van der Waals surface area contributed by atoms with Gasteiger partial charge in [-0.1, -0.05) is 6.07 Å². The van der Waals surface area contributed by atoms with E-state index in [4.69, 9.17) is 0 Å². The van der Waals surface area contributed by atoms with Gasteiger partial charge in [0.25, 0.3) is 0 Å². The fraction of sp³-hybridized carbons (Fsp3) is 0.467. The van der Waals surface area contributed by atoms with Gasteiger partial charge in [-0.2, -0.15) is 13.2 Å². The zero-order valence-electron chi connectivity index (χ0n) is 12.9. The van der Waals surface area contributed by atoms with Crippen LogP contribution in [0.25, 0.3) is 0 Å². The van der Waals surface area contributed by atoms with E-state index < -0.39 is 23.7 Å². The molecule has 0 aromatic heterocycles. The second-order valence-electron chi connectivity index (χ2n) is 4.69. The highest BCUT2D eigenvalue weighted by molar-refractivity contribution is 5.71. The molecule has 1 aromatic rings. The Labute approximate surface area is 132 Å². The topological polar surface area (TPSA) is 55.8 Å². The molecular weight excluding hydrogens is 315 g/mol. The predicted octanol–water partition coefficient (Wildman–Crippen LogP) is 2.64. The Morgan fingerprint density at radius 3 is 2.00 bits per heavy atom. The van der Waals surface area contributed by atoms with E-state index in [1.54, 1.807) is 0 Å². The Kier molecular flexibility index (Phi) is 6.87. The Bertz CT molecular complexity index is 526. The number of anilines is 1. The Morgan fingerprint density at radius 2 is 1.57 bits per heavy atom. The molecule has 0 heterocycles. The lowest BCUT2D eigenvalue weighted by Gasteiger charge is -2.24. The van der Waals surface area contributed by atoms with E-state index in [2.05, 4.69) is 9.47 Å². The summed E-state index contributed by atoms with van der Waals surface area (Å²) in [7, 11) is 2.46. The van der Waals surface area contributed by atoms with Crippen molar-refractivity contribution >= 4 is 17.6 Å². The van der Waals surface area contributed by atoms with E-state index in [0.29, 0.717) is 0 Å². The number of hydrogen-bond donors (Lipinski definition) is 0. The molecule has 1 rings (SSSR count). The van der Waals surface area contributed by atoms with Gasteiger partial charge >= 0.3 is 18.1 Å². The quantitative estimate of drug-likeness (QED) is 0.718. The third-order valence-corrected chi connectivity index (χ3v) is 3.17. The first kappa shape index (κ1) is 18.8. The second kappa shape index (κ2) is 8.40. The number of nitrogens with zero attached hydrogens (tertiary/aromatic N) is 1. The van der Waals surface area contributed by atoms with Crippen LogP contribution in [0.1, 0.15) is 18.4 Å². The van der Waals surface area contributed by atoms with Crippen LogP contribution in [0.2, 0.25) is 0 Å². The van der Waals surface area contributed by atoms with Crippen LogP contribution in [0.15, 0.2) is 24.3 Å². The van der Waals surface area contributed by atoms with E-state index in [9.17, 15) is 22.8 Å². The minimum atomic E-state index is -4.47. The summed E-state index contributed by atoms with van der Waals surface area (Å²) in [6.07, 6.45) is -4.48. The van der Waals surface area contributed by atoms with Crippen LogP contribution in [0, 0.1) is 0 Å². The van der Waals surface area contributed by atoms with Crippen molar-refractivity contribution in [2.24, 2.45) is 0 Å². The van der Waals surface area contributed by atoms with E-state index >= 15 is 0 Å². The van der Waals surface area contributed by atoms with Gasteiger partial charge in [0.15, 0.2) is 0 Å². The summed E-state index contributed by atoms with van der Waals surface area (Å²) in [6.45, 7) is 0.260. The molecule has 0 spiro atoms. The van der Waals surface area contributed by atoms with Crippen LogP contribution in [-0.4, -0.2) is 39.2 Å². The number of methoxy groups -OCH3 is 2. The van der Waals surface area contributed by atoms with Crippen molar-refractivity contribution in [1.82, 2.24) is 0 Å². The first-order valence-corrected chi connectivity index (χ1v) is 6.83. The molecular formula is C15H18F3NO4. The molecule has 0 unspecified atom stereocenters. The molecule has 8 heteroatoms. The highest BCUT2D eigenvalue weighted by Crippen LogP contribution is 2.31. The molecule has 0 aliphatic carbocycles. The molecule has 0 N–H and O–H groups in total. The van der Waals surface area contributed by atoms with Gasteiger partial charge in [-0.15, -0.1) is 0 Å². The zero-order valence-corrected chi connectivity index (χ0v) is 12.9. The number of benzene rings is 1. The van der Waals surface area contributed by atoms with Crippen molar-refractivity contribution in [2.75, 3.05) is 32.2 Å². The van der Waals surface area contributed by atoms with E-state index in [1.165, 1.54) is 31.3 Å². The first-order chi connectivity index (χ1) is 10.8. The number of ether oxygens (including phenoxy) is 2. The molecule has 0 amide bonds. The predicted molar refractivity (Wildman–Crippen MR) is 76.9 cm³/mol. The summed E-state index contributed by atoms with van der Waals surface area (Å²) < 4.78 is 47.5. The normalized spacial score (nSPS) is 11.0. The molecule has 0 atom stereocenters. The minimum absolute atomic E-state index is 0.00603. The maximum absolute atomic E-state index is 12.8. The number of alkyl halides is 3. The lowest BCUT2D eigenvalue weighted by atomic mass is 10.1. The fourth-order valence-corrected chi connectivity index (χ4v) is 1.91. The third kappa shape index (κ3) is 6.17. The maximum Gasteiger partial charge on any atom is 0.416 e. The van der Waals surface area contributed by atoms with Crippen LogP contribution < -0.4 is 4.90 Å². The molecule has 5 nitrogen and oxygen atoms in total. The average Bonchev–Trinajstić information content (AvgIpc) is 2.53. The maximum atomic E-state index is 12.8. The van der Waals surface area contributed by atoms with Crippen molar-refractivity contribution in [2.45, 2.75) is 19.0 Å². The number of halogens is 3. The summed E-state index contributed by atoms with van der Waals surface area (Å²) in [5.74, 6) is -0.972. The van der Waals surface area contributed by atoms with E-state index in [-0.39, 0.29) is 31.6 Å². The number of carbonyl (C=O) groups is 2. The average molecular weight is 333 g/mol. The van der Waals surface area contributed by atoms with Crippen molar-refractivity contribution in [3.8, 4) is 0 Å². The number of carbonyl (C=O) groups excluding carboxylic acids is 2. The summed E-state index contributed by atoms with van der Waals surface area (Å²) in [6, 6.07) is 4.71. The number of rotatable bonds is 7. The summed E-state index contributed by atoms with van der Waals surface area (Å²) in [4.78, 5) is 24.0. The molecule has 0 saturated heterocycles. The van der Waals surface area contributed by atoms with Gasteiger partial charge in [-0.05, 0) is 18.2 Å². The number of esters is 2. The van der Waals surface area contributed by atoms with Crippen molar-refractivity contribution < 1.29 is 32.2 Å². The van der Waals surface area contributed by atoms with E-state index in [1.807, 2.05) is 0 Å². The van der Waals surface area contributed by atoms with Gasteiger partial charge < -0.3 is 14.4 Å². The highest BCUT2D eigenvalue weighted by atomic mass is 19.4. The van der Waals surface area contributed by atoms with Crippen LogP contribution in [-0.2, 0) is 25.2 Å². The Morgan fingerprint density at radius 1 is 1.04 bits per heavy atom.